The van der Waals surface area contributed by atoms with E-state index in [1.54, 1.807) is 35.5 Å². The minimum absolute atomic E-state index is 0.179. The minimum Gasteiger partial charge on any atom is -0.493 e. The highest BCUT2D eigenvalue weighted by molar-refractivity contribution is 5.56. The van der Waals surface area contributed by atoms with Crippen LogP contribution in [0.1, 0.15) is 17.2 Å². The molecule has 3 rings (SSSR count). The Morgan fingerprint density at radius 2 is 1.50 bits per heavy atom. The molecular formula is C20H24O6. The Labute approximate surface area is 153 Å². The molecule has 0 aromatic heterocycles. The van der Waals surface area contributed by atoms with Gasteiger partial charge in [0.05, 0.1) is 28.4 Å². The fourth-order valence-electron chi connectivity index (χ4n) is 3.32. The Bertz CT molecular complexity index is 773. The smallest absolute Gasteiger partial charge is 0.167 e. The predicted octanol–water partition coefficient (Wildman–Crippen LogP) is 3.41. The lowest BCUT2D eigenvalue weighted by Crippen LogP contribution is -2.32. The summed E-state index contributed by atoms with van der Waals surface area (Å²) >= 11 is 0. The maximum Gasteiger partial charge on any atom is 0.167 e. The molecule has 6 heteroatoms. The van der Waals surface area contributed by atoms with Crippen molar-refractivity contribution in [1.82, 2.24) is 0 Å². The zero-order valence-electron chi connectivity index (χ0n) is 15.7. The summed E-state index contributed by atoms with van der Waals surface area (Å²) in [7, 11) is 8.15. The fourth-order valence-corrected chi connectivity index (χ4v) is 3.32. The highest BCUT2D eigenvalue weighted by Crippen LogP contribution is 2.45. The molecule has 0 fully saturated rings. The van der Waals surface area contributed by atoms with Crippen LogP contribution in [0.4, 0.5) is 0 Å². The van der Waals surface area contributed by atoms with Crippen LogP contribution in [0.3, 0.4) is 0 Å². The van der Waals surface area contributed by atoms with Crippen molar-refractivity contribution in [1.29, 1.82) is 0 Å². The van der Waals surface area contributed by atoms with Crippen molar-refractivity contribution < 1.29 is 28.4 Å². The first-order valence-electron chi connectivity index (χ1n) is 8.32. The van der Waals surface area contributed by atoms with Gasteiger partial charge in [0.1, 0.15) is 11.9 Å². The van der Waals surface area contributed by atoms with Crippen molar-refractivity contribution in [2.24, 2.45) is 0 Å². The van der Waals surface area contributed by atoms with Gasteiger partial charge in [-0.05, 0) is 29.8 Å². The standard InChI is InChI=1S/C20H24O6/c1-21-15-7-6-12(10-17(15)23-3)19-18(24-4)11-13-14(26-19)8-9-16(22-2)20(13)25-5/h6-10,18-19H,11H2,1-5H3. The van der Waals surface area contributed by atoms with E-state index in [9.17, 15) is 0 Å². The molecule has 0 aliphatic carbocycles. The van der Waals surface area contributed by atoms with Gasteiger partial charge >= 0.3 is 0 Å². The molecule has 2 aromatic carbocycles. The van der Waals surface area contributed by atoms with Gasteiger partial charge < -0.3 is 28.4 Å². The Hall–Kier alpha value is -2.60. The van der Waals surface area contributed by atoms with Gasteiger partial charge in [0.15, 0.2) is 29.1 Å². The molecule has 0 bridgehead atoms. The summed E-state index contributed by atoms with van der Waals surface area (Å²) in [4.78, 5) is 0. The van der Waals surface area contributed by atoms with Crippen LogP contribution in [0.15, 0.2) is 30.3 Å². The Morgan fingerprint density at radius 1 is 0.808 bits per heavy atom. The summed E-state index contributed by atoms with van der Waals surface area (Å²) < 4.78 is 33.7. The van der Waals surface area contributed by atoms with Crippen molar-refractivity contribution >= 4 is 0 Å². The highest BCUT2D eigenvalue weighted by atomic mass is 16.5. The zero-order chi connectivity index (χ0) is 18.7. The summed E-state index contributed by atoms with van der Waals surface area (Å²) in [5.74, 6) is 3.44. The Kier molecular flexibility index (Phi) is 5.42. The van der Waals surface area contributed by atoms with Gasteiger partial charge in [-0.2, -0.15) is 0 Å². The van der Waals surface area contributed by atoms with Crippen LogP contribution in [0.25, 0.3) is 0 Å². The summed E-state index contributed by atoms with van der Waals surface area (Å²) in [5.41, 5.74) is 1.89. The molecule has 140 valence electrons. The van der Waals surface area contributed by atoms with Gasteiger partial charge in [-0.25, -0.2) is 0 Å². The molecule has 1 heterocycles. The molecule has 2 unspecified atom stereocenters. The van der Waals surface area contributed by atoms with Crippen LogP contribution in [0, 0.1) is 0 Å². The lowest BCUT2D eigenvalue weighted by atomic mass is 9.93. The molecule has 0 saturated heterocycles. The molecule has 2 atom stereocenters. The van der Waals surface area contributed by atoms with E-state index in [4.69, 9.17) is 28.4 Å². The molecule has 26 heavy (non-hydrogen) atoms. The second kappa shape index (κ2) is 7.74. The van der Waals surface area contributed by atoms with Gasteiger partial charge in [0.2, 0.25) is 0 Å². The third-order valence-corrected chi connectivity index (χ3v) is 4.64. The Balaban J connectivity index is 2.01. The molecular weight excluding hydrogens is 336 g/mol. The number of hydrogen-bond acceptors (Lipinski definition) is 6. The molecule has 6 nitrogen and oxygen atoms in total. The molecule has 0 saturated carbocycles. The average molecular weight is 360 g/mol. The van der Waals surface area contributed by atoms with Crippen molar-refractivity contribution in [2.75, 3.05) is 35.5 Å². The van der Waals surface area contributed by atoms with Crippen molar-refractivity contribution in [3.63, 3.8) is 0 Å². The lowest BCUT2D eigenvalue weighted by Gasteiger charge is -2.34. The largest absolute Gasteiger partial charge is 0.493 e. The number of benzene rings is 2. The maximum atomic E-state index is 6.28. The minimum atomic E-state index is -0.273. The van der Waals surface area contributed by atoms with E-state index in [2.05, 4.69) is 0 Å². The maximum absolute atomic E-state index is 6.28. The van der Waals surface area contributed by atoms with Crippen LogP contribution < -0.4 is 23.7 Å². The van der Waals surface area contributed by atoms with Gasteiger partial charge in [0, 0.05) is 19.1 Å². The van der Waals surface area contributed by atoms with E-state index < -0.39 is 0 Å². The first kappa shape index (κ1) is 18.2. The van der Waals surface area contributed by atoms with Crippen molar-refractivity contribution in [3.8, 4) is 28.7 Å². The van der Waals surface area contributed by atoms with E-state index in [1.807, 2.05) is 30.3 Å². The topological polar surface area (TPSA) is 55.4 Å². The van der Waals surface area contributed by atoms with E-state index in [0.29, 0.717) is 29.4 Å². The first-order chi connectivity index (χ1) is 12.7. The number of methoxy groups -OCH3 is 5. The third kappa shape index (κ3) is 3.12. The van der Waals surface area contributed by atoms with E-state index in [1.165, 1.54) is 0 Å². The molecule has 0 spiro atoms. The van der Waals surface area contributed by atoms with Crippen LogP contribution in [-0.4, -0.2) is 41.7 Å². The number of ether oxygens (including phenoxy) is 6. The molecule has 1 aliphatic rings. The van der Waals surface area contributed by atoms with Gasteiger partial charge in [-0.15, -0.1) is 0 Å². The predicted molar refractivity (Wildman–Crippen MR) is 97.0 cm³/mol. The normalized spacial score (nSPS) is 18.5. The fraction of sp³-hybridized carbons (Fsp3) is 0.400. The van der Waals surface area contributed by atoms with Crippen LogP contribution >= 0.6 is 0 Å². The molecule has 0 amide bonds. The average Bonchev–Trinajstić information content (AvgIpc) is 2.71. The summed E-state index contributed by atoms with van der Waals surface area (Å²) in [6.07, 6.45) is 0.192. The van der Waals surface area contributed by atoms with Crippen LogP contribution in [-0.2, 0) is 11.2 Å². The van der Waals surface area contributed by atoms with E-state index >= 15 is 0 Å². The number of fused-ring (bicyclic) bond motifs is 1. The van der Waals surface area contributed by atoms with E-state index in [0.717, 1.165) is 16.9 Å². The number of hydrogen-bond donors (Lipinski definition) is 0. The lowest BCUT2D eigenvalue weighted by molar-refractivity contribution is -0.0122. The van der Waals surface area contributed by atoms with Gasteiger partial charge in [-0.1, -0.05) is 6.07 Å². The quantitative estimate of drug-likeness (QED) is 0.787. The van der Waals surface area contributed by atoms with E-state index in [-0.39, 0.29) is 12.2 Å². The van der Waals surface area contributed by atoms with Crippen molar-refractivity contribution in [2.45, 2.75) is 18.6 Å². The second-order valence-corrected chi connectivity index (χ2v) is 5.91. The molecule has 0 radical (unpaired) electrons. The molecule has 2 aromatic rings. The SMILES string of the molecule is COc1ccc(C2Oc3ccc(OC)c(OC)c3CC2OC)cc1OC. The van der Waals surface area contributed by atoms with Gasteiger partial charge in [0.25, 0.3) is 0 Å². The molecule has 1 aliphatic heterocycles. The zero-order valence-corrected chi connectivity index (χ0v) is 15.7. The second-order valence-electron chi connectivity index (χ2n) is 5.91. The van der Waals surface area contributed by atoms with Crippen LogP contribution in [0.5, 0.6) is 28.7 Å². The third-order valence-electron chi connectivity index (χ3n) is 4.64. The number of rotatable bonds is 6. The monoisotopic (exact) mass is 360 g/mol. The summed E-state index contributed by atoms with van der Waals surface area (Å²) in [5, 5.41) is 0. The van der Waals surface area contributed by atoms with Crippen LogP contribution in [0.2, 0.25) is 0 Å². The Morgan fingerprint density at radius 3 is 2.12 bits per heavy atom. The summed E-state index contributed by atoms with van der Waals surface area (Å²) in [6, 6.07) is 9.49. The summed E-state index contributed by atoms with van der Waals surface area (Å²) in [6.45, 7) is 0. The first-order valence-corrected chi connectivity index (χ1v) is 8.32. The van der Waals surface area contributed by atoms with Gasteiger partial charge in [-0.3, -0.25) is 0 Å². The molecule has 0 N–H and O–H groups in total. The highest BCUT2D eigenvalue weighted by Gasteiger charge is 2.34. The van der Waals surface area contributed by atoms with Crippen molar-refractivity contribution in [3.05, 3.63) is 41.5 Å².